The van der Waals surface area contributed by atoms with Gasteiger partial charge in [0.1, 0.15) is 9.37 Å². The van der Waals surface area contributed by atoms with E-state index in [9.17, 15) is 0 Å². The van der Waals surface area contributed by atoms with Gasteiger partial charge in [0.25, 0.3) is 0 Å². The van der Waals surface area contributed by atoms with E-state index in [1.807, 2.05) is 18.2 Å². The Kier molecular flexibility index (Phi) is 2.95. The lowest BCUT2D eigenvalue weighted by Crippen LogP contribution is -2.21. The van der Waals surface area contributed by atoms with Crippen molar-refractivity contribution in [2.24, 2.45) is 0 Å². The average Bonchev–Trinajstić information content (AvgIpc) is 2.06. The lowest BCUT2D eigenvalue weighted by atomic mass is 10.1. The van der Waals surface area contributed by atoms with Crippen molar-refractivity contribution in [3.8, 4) is 0 Å². The molecule has 0 aromatic rings. The molecule has 0 N–H and O–H groups in total. The van der Waals surface area contributed by atoms with Gasteiger partial charge < -0.3 is 9.47 Å². The molecule has 0 spiro atoms. The lowest BCUT2D eigenvalue weighted by molar-refractivity contribution is 0.125. The first-order chi connectivity index (χ1) is 5.20. The minimum absolute atomic E-state index is 0.167. The molecule has 1 unspecified atom stereocenters. The minimum Gasteiger partial charge on any atom is -0.497 e. The van der Waals surface area contributed by atoms with Crippen molar-refractivity contribution in [2.45, 2.75) is 10.0 Å². The van der Waals surface area contributed by atoms with Crippen molar-refractivity contribution >= 4 is 22.6 Å². The first-order valence-corrected chi connectivity index (χ1v) is 4.45. The second kappa shape index (κ2) is 3.58. The van der Waals surface area contributed by atoms with Gasteiger partial charge in [-0.2, -0.15) is 0 Å². The van der Waals surface area contributed by atoms with Crippen LogP contribution >= 0.6 is 22.6 Å². The molecule has 0 saturated carbocycles. The largest absolute Gasteiger partial charge is 0.497 e. The Morgan fingerprint density at radius 3 is 2.64 bits per heavy atom. The Bertz CT molecular complexity index is 198. The fraction of sp³-hybridized carbons (Fsp3) is 0.500. The van der Waals surface area contributed by atoms with Crippen LogP contribution in [0.25, 0.3) is 0 Å². The molecule has 0 radical (unpaired) electrons. The lowest BCUT2D eigenvalue weighted by Gasteiger charge is -2.23. The van der Waals surface area contributed by atoms with E-state index in [1.54, 1.807) is 14.2 Å². The molecule has 0 aromatic carbocycles. The third-order valence-electron chi connectivity index (χ3n) is 1.65. The number of allylic oxidation sites excluding steroid dienone is 1. The van der Waals surface area contributed by atoms with Crippen molar-refractivity contribution in [3.05, 3.63) is 24.0 Å². The molecular formula is C8H11IO2. The number of rotatable bonds is 2. The van der Waals surface area contributed by atoms with Gasteiger partial charge in [0.15, 0.2) is 0 Å². The number of hydrogen-bond donors (Lipinski definition) is 0. The van der Waals surface area contributed by atoms with Crippen LogP contribution in [0.1, 0.15) is 6.42 Å². The molecular weight excluding hydrogens is 255 g/mol. The number of hydrogen-bond acceptors (Lipinski definition) is 2. The average molecular weight is 266 g/mol. The molecule has 0 fully saturated rings. The highest BCUT2D eigenvalue weighted by Gasteiger charge is 2.23. The van der Waals surface area contributed by atoms with Gasteiger partial charge in [0.05, 0.1) is 7.11 Å². The molecule has 0 aromatic heterocycles. The predicted octanol–water partition coefficient (Wildman–Crippen LogP) is 2.25. The zero-order valence-electron chi connectivity index (χ0n) is 6.63. The van der Waals surface area contributed by atoms with Gasteiger partial charge in [-0.1, -0.05) is 0 Å². The fourth-order valence-corrected chi connectivity index (χ4v) is 1.29. The SMILES string of the molecule is COC1=CCC(I)(OC)C=C1. The topological polar surface area (TPSA) is 18.5 Å². The monoisotopic (exact) mass is 266 g/mol. The highest BCUT2D eigenvalue weighted by Crippen LogP contribution is 2.30. The van der Waals surface area contributed by atoms with Gasteiger partial charge in [0.2, 0.25) is 0 Å². The Morgan fingerprint density at radius 2 is 2.27 bits per heavy atom. The van der Waals surface area contributed by atoms with Crippen molar-refractivity contribution in [2.75, 3.05) is 14.2 Å². The standard InChI is InChI=1S/C8H11IO2/c1-10-7-3-5-8(9,11-2)6-4-7/h3-5H,6H2,1-2H3. The molecule has 2 nitrogen and oxygen atoms in total. The first-order valence-electron chi connectivity index (χ1n) is 3.37. The predicted molar refractivity (Wildman–Crippen MR) is 52.6 cm³/mol. The van der Waals surface area contributed by atoms with Crippen LogP contribution < -0.4 is 0 Å². The Hall–Kier alpha value is -0.0300. The van der Waals surface area contributed by atoms with E-state index in [0.717, 1.165) is 12.2 Å². The summed E-state index contributed by atoms with van der Waals surface area (Å²) < 4.78 is 10.1. The van der Waals surface area contributed by atoms with Crippen LogP contribution in [-0.2, 0) is 9.47 Å². The number of halogens is 1. The van der Waals surface area contributed by atoms with Gasteiger partial charge >= 0.3 is 0 Å². The zero-order valence-corrected chi connectivity index (χ0v) is 8.79. The smallest absolute Gasteiger partial charge is 0.140 e. The van der Waals surface area contributed by atoms with E-state index in [0.29, 0.717) is 0 Å². The molecule has 0 saturated heterocycles. The summed E-state index contributed by atoms with van der Waals surface area (Å²) in [6, 6.07) is 0. The summed E-state index contributed by atoms with van der Waals surface area (Å²) in [7, 11) is 3.38. The summed E-state index contributed by atoms with van der Waals surface area (Å²) in [5.74, 6) is 0.911. The molecule has 1 aliphatic rings. The summed E-state index contributed by atoms with van der Waals surface area (Å²) in [6.07, 6.45) is 6.82. The first kappa shape index (κ1) is 9.06. The van der Waals surface area contributed by atoms with E-state index >= 15 is 0 Å². The Balaban J connectivity index is 2.63. The maximum atomic E-state index is 5.27. The van der Waals surface area contributed by atoms with E-state index < -0.39 is 0 Å². The zero-order chi connectivity index (χ0) is 8.32. The molecule has 0 aliphatic heterocycles. The molecule has 1 rings (SSSR count). The molecule has 0 amide bonds. The molecule has 11 heavy (non-hydrogen) atoms. The third kappa shape index (κ3) is 2.20. The molecule has 1 atom stereocenters. The van der Waals surface area contributed by atoms with Gasteiger partial charge in [-0.25, -0.2) is 0 Å². The van der Waals surface area contributed by atoms with Gasteiger partial charge in [-0.05, 0) is 40.8 Å². The van der Waals surface area contributed by atoms with Crippen molar-refractivity contribution in [1.29, 1.82) is 0 Å². The molecule has 62 valence electrons. The number of methoxy groups -OCH3 is 2. The van der Waals surface area contributed by atoms with E-state index in [2.05, 4.69) is 22.6 Å². The minimum atomic E-state index is -0.167. The third-order valence-corrected chi connectivity index (χ3v) is 2.89. The van der Waals surface area contributed by atoms with E-state index in [4.69, 9.17) is 9.47 Å². The Labute approximate surface area is 80.4 Å². The van der Waals surface area contributed by atoms with Crippen LogP contribution in [0.3, 0.4) is 0 Å². The fourth-order valence-electron chi connectivity index (χ4n) is 0.885. The normalized spacial score (nSPS) is 29.9. The number of alkyl halides is 1. The van der Waals surface area contributed by atoms with Crippen molar-refractivity contribution in [1.82, 2.24) is 0 Å². The highest BCUT2D eigenvalue weighted by atomic mass is 127. The number of ether oxygens (including phenoxy) is 2. The molecule has 1 aliphatic carbocycles. The summed E-state index contributed by atoms with van der Waals surface area (Å²) >= 11 is 2.27. The van der Waals surface area contributed by atoms with Gasteiger partial charge in [-0.15, -0.1) is 0 Å². The van der Waals surface area contributed by atoms with Crippen LogP contribution in [0.5, 0.6) is 0 Å². The maximum Gasteiger partial charge on any atom is 0.140 e. The summed E-state index contributed by atoms with van der Waals surface area (Å²) in [6.45, 7) is 0. The molecule has 3 heteroatoms. The highest BCUT2D eigenvalue weighted by molar-refractivity contribution is 14.1. The second-order valence-electron chi connectivity index (χ2n) is 2.34. The Morgan fingerprint density at radius 1 is 1.55 bits per heavy atom. The van der Waals surface area contributed by atoms with Crippen LogP contribution in [0.15, 0.2) is 24.0 Å². The van der Waals surface area contributed by atoms with Gasteiger partial charge in [-0.3, -0.25) is 0 Å². The quantitative estimate of drug-likeness (QED) is 0.563. The van der Waals surface area contributed by atoms with Crippen molar-refractivity contribution < 1.29 is 9.47 Å². The summed E-state index contributed by atoms with van der Waals surface area (Å²) in [4.78, 5) is 0. The second-order valence-corrected chi connectivity index (χ2v) is 4.16. The van der Waals surface area contributed by atoms with Crippen LogP contribution in [0, 0.1) is 0 Å². The molecule has 0 bridgehead atoms. The van der Waals surface area contributed by atoms with Crippen LogP contribution in [-0.4, -0.2) is 17.8 Å². The van der Waals surface area contributed by atoms with Crippen LogP contribution in [0.4, 0.5) is 0 Å². The summed E-state index contributed by atoms with van der Waals surface area (Å²) in [5, 5.41) is 0. The maximum absolute atomic E-state index is 5.27. The van der Waals surface area contributed by atoms with Gasteiger partial charge in [0, 0.05) is 13.5 Å². The van der Waals surface area contributed by atoms with Crippen LogP contribution in [0.2, 0.25) is 0 Å². The molecule has 0 heterocycles. The van der Waals surface area contributed by atoms with E-state index in [1.165, 1.54) is 0 Å². The van der Waals surface area contributed by atoms with E-state index in [-0.39, 0.29) is 3.61 Å². The summed E-state index contributed by atoms with van der Waals surface area (Å²) in [5.41, 5.74) is 0. The van der Waals surface area contributed by atoms with Crippen molar-refractivity contribution in [3.63, 3.8) is 0 Å².